The smallest absolute Gasteiger partial charge is 0.279 e. The first-order valence-electron chi connectivity index (χ1n) is 7.17. The minimum Gasteiger partial charge on any atom is -0.309 e. The fourth-order valence-corrected chi connectivity index (χ4v) is 4.05. The van der Waals surface area contributed by atoms with Crippen LogP contribution in [0.25, 0.3) is 10.6 Å². The van der Waals surface area contributed by atoms with E-state index in [-0.39, 0.29) is 10.6 Å². The normalized spacial score (nSPS) is 17.5. The molecule has 1 aromatic heterocycles. The van der Waals surface area contributed by atoms with Crippen LogP contribution in [0.1, 0.15) is 36.4 Å². The summed E-state index contributed by atoms with van der Waals surface area (Å²) in [6.45, 7) is 3.01. The van der Waals surface area contributed by atoms with Crippen molar-refractivity contribution >= 4 is 17.0 Å². The van der Waals surface area contributed by atoms with Crippen molar-refractivity contribution in [3.05, 3.63) is 45.0 Å². The van der Waals surface area contributed by atoms with Gasteiger partial charge in [0.15, 0.2) is 0 Å². The highest BCUT2D eigenvalue weighted by Crippen LogP contribution is 2.40. The van der Waals surface area contributed by atoms with Crippen molar-refractivity contribution < 1.29 is 4.92 Å². The molecule has 0 spiro atoms. The highest BCUT2D eigenvalue weighted by Gasteiger charge is 2.26. The lowest BCUT2D eigenvalue weighted by atomic mass is 9.98. The topological polar surface area (TPSA) is 68.1 Å². The van der Waals surface area contributed by atoms with Gasteiger partial charge in [-0.3, -0.25) is 10.1 Å². The lowest BCUT2D eigenvalue weighted by Gasteiger charge is -2.21. The number of nitrogens with zero attached hydrogens (tertiary/aromatic N) is 2. The van der Waals surface area contributed by atoms with Gasteiger partial charge in [-0.1, -0.05) is 19.1 Å². The van der Waals surface area contributed by atoms with Crippen molar-refractivity contribution in [3.63, 3.8) is 0 Å². The third kappa shape index (κ3) is 2.69. The van der Waals surface area contributed by atoms with Crippen molar-refractivity contribution in [1.29, 1.82) is 0 Å². The lowest BCUT2D eigenvalue weighted by molar-refractivity contribution is -0.384. The van der Waals surface area contributed by atoms with Crippen LogP contribution in [-0.4, -0.2) is 16.5 Å². The molecule has 110 valence electrons. The zero-order chi connectivity index (χ0) is 14.8. The highest BCUT2D eigenvalue weighted by molar-refractivity contribution is 7.15. The summed E-state index contributed by atoms with van der Waals surface area (Å²) in [5.74, 6) is 0. The quantitative estimate of drug-likeness (QED) is 0.690. The number of para-hydroxylation sites is 1. The molecule has 21 heavy (non-hydrogen) atoms. The molecule has 1 aliphatic carbocycles. The summed E-state index contributed by atoms with van der Waals surface area (Å²) in [6.07, 6.45) is 3.19. The summed E-state index contributed by atoms with van der Waals surface area (Å²) in [5.41, 5.74) is 1.85. The first-order chi connectivity index (χ1) is 10.2. The van der Waals surface area contributed by atoms with Gasteiger partial charge >= 0.3 is 0 Å². The van der Waals surface area contributed by atoms with E-state index in [4.69, 9.17) is 0 Å². The van der Waals surface area contributed by atoms with E-state index in [2.05, 4.69) is 17.2 Å². The number of rotatable bonds is 4. The van der Waals surface area contributed by atoms with E-state index in [0.717, 1.165) is 36.5 Å². The summed E-state index contributed by atoms with van der Waals surface area (Å²) in [4.78, 5) is 16.8. The van der Waals surface area contributed by atoms with Gasteiger partial charge in [-0.05, 0) is 31.9 Å². The Labute approximate surface area is 127 Å². The molecule has 1 heterocycles. The molecule has 0 saturated carbocycles. The Morgan fingerprint density at radius 3 is 3.05 bits per heavy atom. The maximum absolute atomic E-state index is 11.2. The van der Waals surface area contributed by atoms with Crippen molar-refractivity contribution in [2.75, 3.05) is 6.54 Å². The van der Waals surface area contributed by atoms with Crippen molar-refractivity contribution in [1.82, 2.24) is 10.3 Å². The molecule has 5 nitrogen and oxygen atoms in total. The number of nitro groups is 1. The van der Waals surface area contributed by atoms with Crippen LogP contribution >= 0.6 is 11.3 Å². The summed E-state index contributed by atoms with van der Waals surface area (Å²) in [5, 5.41) is 15.4. The predicted octanol–water partition coefficient (Wildman–Crippen LogP) is 3.71. The molecular weight excluding hydrogens is 286 g/mol. The molecule has 0 aliphatic heterocycles. The molecule has 1 N–H and O–H groups in total. The standard InChI is InChI=1S/C15H17N3O2S/c1-2-16-11-7-5-8-12-14(11)21-15(17-12)10-6-3-4-9-13(10)18(19)20/h3-4,6,9,11,16H,2,5,7-8H2,1H3. The molecule has 0 radical (unpaired) electrons. The van der Waals surface area contributed by atoms with E-state index in [1.165, 1.54) is 10.9 Å². The number of nitro benzene ring substituents is 1. The van der Waals surface area contributed by atoms with Gasteiger partial charge in [-0.15, -0.1) is 11.3 Å². The third-order valence-corrected chi connectivity index (χ3v) is 4.98. The fraction of sp³-hybridized carbons (Fsp3) is 0.400. The number of aromatic nitrogens is 1. The Balaban J connectivity index is 2.04. The van der Waals surface area contributed by atoms with Gasteiger partial charge in [0.05, 0.1) is 16.2 Å². The number of aryl methyl sites for hydroxylation is 1. The number of hydrogen-bond acceptors (Lipinski definition) is 5. The molecule has 0 saturated heterocycles. The second-order valence-electron chi connectivity index (χ2n) is 5.11. The van der Waals surface area contributed by atoms with E-state index in [0.29, 0.717) is 11.6 Å². The first kappa shape index (κ1) is 14.2. The molecule has 2 aromatic rings. The molecule has 3 rings (SSSR count). The van der Waals surface area contributed by atoms with Crippen LogP contribution in [0.3, 0.4) is 0 Å². The minimum atomic E-state index is -0.336. The second kappa shape index (κ2) is 5.91. The Hall–Kier alpha value is -1.79. The number of hydrogen-bond donors (Lipinski definition) is 1. The average molecular weight is 303 g/mol. The molecule has 6 heteroatoms. The van der Waals surface area contributed by atoms with Crippen LogP contribution in [0, 0.1) is 10.1 Å². The summed E-state index contributed by atoms with van der Waals surface area (Å²) in [7, 11) is 0. The predicted molar refractivity (Wildman–Crippen MR) is 83.6 cm³/mol. The average Bonchev–Trinajstić information content (AvgIpc) is 2.92. The summed E-state index contributed by atoms with van der Waals surface area (Å²) < 4.78 is 0. The van der Waals surface area contributed by atoms with Crippen LogP contribution < -0.4 is 5.32 Å². The van der Waals surface area contributed by atoms with Gasteiger partial charge in [-0.2, -0.15) is 0 Å². The molecule has 0 fully saturated rings. The van der Waals surface area contributed by atoms with Gasteiger partial charge in [0.25, 0.3) is 5.69 Å². The van der Waals surface area contributed by atoms with Gasteiger partial charge in [0, 0.05) is 17.0 Å². The maximum atomic E-state index is 11.2. The van der Waals surface area contributed by atoms with Crippen LogP contribution in [0.5, 0.6) is 0 Å². The molecule has 1 aliphatic rings. The Bertz CT molecular complexity index is 669. The Morgan fingerprint density at radius 1 is 1.48 bits per heavy atom. The zero-order valence-electron chi connectivity index (χ0n) is 11.8. The molecule has 1 aromatic carbocycles. The number of thiazole rings is 1. The Morgan fingerprint density at radius 2 is 2.29 bits per heavy atom. The fourth-order valence-electron chi connectivity index (χ4n) is 2.79. The summed E-state index contributed by atoms with van der Waals surface area (Å²) >= 11 is 1.59. The van der Waals surface area contributed by atoms with Gasteiger partial charge in [-0.25, -0.2) is 4.98 Å². The molecule has 0 amide bonds. The highest BCUT2D eigenvalue weighted by atomic mass is 32.1. The van der Waals surface area contributed by atoms with E-state index in [1.54, 1.807) is 23.5 Å². The molecule has 1 unspecified atom stereocenters. The zero-order valence-corrected chi connectivity index (χ0v) is 12.7. The van der Waals surface area contributed by atoms with Crippen LogP contribution in [0.2, 0.25) is 0 Å². The van der Waals surface area contributed by atoms with Crippen molar-refractivity contribution in [2.24, 2.45) is 0 Å². The second-order valence-corrected chi connectivity index (χ2v) is 6.14. The van der Waals surface area contributed by atoms with E-state index >= 15 is 0 Å². The van der Waals surface area contributed by atoms with E-state index in [1.807, 2.05) is 6.07 Å². The molecule has 1 atom stereocenters. The first-order valence-corrected chi connectivity index (χ1v) is 7.99. The largest absolute Gasteiger partial charge is 0.309 e. The van der Waals surface area contributed by atoms with E-state index < -0.39 is 0 Å². The van der Waals surface area contributed by atoms with Crippen LogP contribution in [-0.2, 0) is 6.42 Å². The molecular formula is C15H17N3O2S. The van der Waals surface area contributed by atoms with Crippen molar-refractivity contribution in [3.8, 4) is 10.6 Å². The minimum absolute atomic E-state index is 0.128. The monoisotopic (exact) mass is 303 g/mol. The third-order valence-electron chi connectivity index (χ3n) is 3.73. The number of benzene rings is 1. The van der Waals surface area contributed by atoms with Gasteiger partial charge < -0.3 is 5.32 Å². The molecule has 0 bridgehead atoms. The lowest BCUT2D eigenvalue weighted by Crippen LogP contribution is -2.23. The van der Waals surface area contributed by atoms with Crippen LogP contribution in [0.15, 0.2) is 24.3 Å². The van der Waals surface area contributed by atoms with Crippen LogP contribution in [0.4, 0.5) is 5.69 Å². The SMILES string of the molecule is CCNC1CCCc2nc(-c3ccccc3[N+](=O)[O-])sc21. The number of nitrogens with one attached hydrogen (secondary N) is 1. The summed E-state index contributed by atoms with van der Waals surface area (Å²) in [6, 6.07) is 7.18. The van der Waals surface area contributed by atoms with E-state index in [9.17, 15) is 10.1 Å². The number of fused-ring (bicyclic) bond motifs is 1. The maximum Gasteiger partial charge on any atom is 0.279 e. The van der Waals surface area contributed by atoms with Gasteiger partial charge in [0.1, 0.15) is 5.01 Å². The Kier molecular flexibility index (Phi) is 3.98. The van der Waals surface area contributed by atoms with Crippen molar-refractivity contribution in [2.45, 2.75) is 32.2 Å². The van der Waals surface area contributed by atoms with Gasteiger partial charge in [0.2, 0.25) is 0 Å².